The van der Waals surface area contributed by atoms with Crippen LogP contribution >= 0.6 is 0 Å². The number of carbonyl (C=O) groups excluding carboxylic acids is 2. The summed E-state index contributed by atoms with van der Waals surface area (Å²) in [5.41, 5.74) is 1.60. The fourth-order valence-corrected chi connectivity index (χ4v) is 3.43. The minimum atomic E-state index is -0.787. The molecular formula is C20H20N4O4. The molecule has 144 valence electrons. The van der Waals surface area contributed by atoms with E-state index in [9.17, 15) is 9.59 Å². The second-order valence-corrected chi connectivity index (χ2v) is 6.57. The number of ether oxygens (including phenoxy) is 2. The lowest BCUT2D eigenvalue weighted by Gasteiger charge is -2.20. The van der Waals surface area contributed by atoms with E-state index >= 15 is 0 Å². The molecule has 8 heteroatoms. The van der Waals surface area contributed by atoms with E-state index < -0.39 is 12.1 Å². The van der Waals surface area contributed by atoms with Gasteiger partial charge in [0.05, 0.1) is 19.9 Å². The number of benzene rings is 2. The van der Waals surface area contributed by atoms with Crippen molar-refractivity contribution in [2.75, 3.05) is 25.7 Å². The molecule has 2 atom stereocenters. The van der Waals surface area contributed by atoms with Gasteiger partial charge in [-0.3, -0.25) is 14.6 Å². The number of amides is 2. The van der Waals surface area contributed by atoms with Crippen LogP contribution in [0, 0.1) is 0 Å². The maximum atomic E-state index is 13.0. The van der Waals surface area contributed by atoms with Crippen LogP contribution in [0.15, 0.2) is 58.9 Å². The smallest absolute Gasteiger partial charge is 0.263 e. The van der Waals surface area contributed by atoms with Crippen molar-refractivity contribution in [1.29, 1.82) is 0 Å². The Morgan fingerprint density at radius 1 is 0.893 bits per heavy atom. The summed E-state index contributed by atoms with van der Waals surface area (Å²) in [6.07, 6.45) is 0.677. The summed E-state index contributed by atoms with van der Waals surface area (Å²) in [6, 6.07) is 13.0. The highest BCUT2D eigenvalue weighted by Crippen LogP contribution is 2.32. The summed E-state index contributed by atoms with van der Waals surface area (Å²) < 4.78 is 10.3. The lowest BCUT2D eigenvalue weighted by atomic mass is 10.1. The van der Waals surface area contributed by atoms with Gasteiger partial charge in [0, 0.05) is 6.54 Å². The lowest BCUT2D eigenvalue weighted by Crippen LogP contribution is -2.40. The van der Waals surface area contributed by atoms with Crippen molar-refractivity contribution in [1.82, 2.24) is 5.01 Å². The molecule has 2 aliphatic heterocycles. The van der Waals surface area contributed by atoms with Gasteiger partial charge in [-0.05, 0) is 48.4 Å². The number of hydrogen-bond donors (Lipinski definition) is 0. The second-order valence-electron chi connectivity index (χ2n) is 6.57. The summed E-state index contributed by atoms with van der Waals surface area (Å²) in [4.78, 5) is 26.9. The highest BCUT2D eigenvalue weighted by atomic mass is 16.5. The highest BCUT2D eigenvalue weighted by Gasteiger charge is 2.54. The predicted molar refractivity (Wildman–Crippen MR) is 101 cm³/mol. The highest BCUT2D eigenvalue weighted by molar-refractivity contribution is 6.25. The summed E-state index contributed by atoms with van der Waals surface area (Å²) in [6.45, 7) is 0.493. The van der Waals surface area contributed by atoms with E-state index in [2.05, 4.69) is 10.3 Å². The number of anilines is 1. The second kappa shape index (κ2) is 7.30. The Bertz CT molecular complexity index is 911. The summed E-state index contributed by atoms with van der Waals surface area (Å²) >= 11 is 0. The molecule has 0 aliphatic carbocycles. The zero-order valence-corrected chi connectivity index (χ0v) is 15.6. The van der Waals surface area contributed by atoms with E-state index in [1.807, 2.05) is 24.3 Å². The molecule has 1 fully saturated rings. The SMILES string of the molecule is COc1ccc(CCN2N=N[C@H]3C(=O)N(c4ccc(OC)cc4)C(=O)[C@@H]32)cc1. The van der Waals surface area contributed by atoms with Gasteiger partial charge in [0.2, 0.25) is 0 Å². The van der Waals surface area contributed by atoms with E-state index in [1.165, 1.54) is 4.90 Å². The van der Waals surface area contributed by atoms with Gasteiger partial charge in [-0.25, -0.2) is 4.90 Å². The monoisotopic (exact) mass is 380 g/mol. The van der Waals surface area contributed by atoms with Gasteiger partial charge in [-0.15, -0.1) is 0 Å². The fourth-order valence-electron chi connectivity index (χ4n) is 3.43. The number of nitrogens with zero attached hydrogens (tertiary/aromatic N) is 4. The average molecular weight is 380 g/mol. The van der Waals surface area contributed by atoms with Crippen LogP contribution in [0.4, 0.5) is 5.69 Å². The Hall–Kier alpha value is -3.42. The van der Waals surface area contributed by atoms with Crippen LogP contribution in [0.5, 0.6) is 11.5 Å². The van der Waals surface area contributed by atoms with E-state index in [1.54, 1.807) is 43.5 Å². The van der Waals surface area contributed by atoms with Crippen molar-refractivity contribution in [3.05, 3.63) is 54.1 Å². The molecular weight excluding hydrogens is 360 g/mol. The number of hydrogen-bond acceptors (Lipinski definition) is 7. The van der Waals surface area contributed by atoms with Crippen molar-refractivity contribution in [3.8, 4) is 11.5 Å². The Kier molecular flexibility index (Phi) is 4.68. The van der Waals surface area contributed by atoms with Crippen molar-refractivity contribution in [2.24, 2.45) is 10.3 Å². The molecule has 4 rings (SSSR count). The molecule has 2 aromatic carbocycles. The van der Waals surface area contributed by atoms with Gasteiger partial charge < -0.3 is 9.47 Å². The quantitative estimate of drug-likeness (QED) is 0.718. The number of methoxy groups -OCH3 is 2. The van der Waals surface area contributed by atoms with Crippen molar-refractivity contribution >= 4 is 17.5 Å². The molecule has 0 N–H and O–H groups in total. The van der Waals surface area contributed by atoms with E-state index in [0.717, 1.165) is 11.3 Å². The van der Waals surface area contributed by atoms with Crippen LogP contribution in [-0.4, -0.2) is 49.7 Å². The summed E-state index contributed by atoms with van der Waals surface area (Å²) in [5, 5.41) is 9.73. The van der Waals surface area contributed by atoms with E-state index in [4.69, 9.17) is 9.47 Å². The van der Waals surface area contributed by atoms with Gasteiger partial charge in [0.1, 0.15) is 11.5 Å². The van der Waals surface area contributed by atoms with Gasteiger partial charge in [-0.2, -0.15) is 5.11 Å². The average Bonchev–Trinajstić information content (AvgIpc) is 3.26. The Morgan fingerprint density at radius 3 is 2.11 bits per heavy atom. The first-order valence-electron chi connectivity index (χ1n) is 8.94. The molecule has 0 unspecified atom stereocenters. The van der Waals surface area contributed by atoms with Crippen LogP contribution in [0.1, 0.15) is 5.56 Å². The maximum absolute atomic E-state index is 13.0. The topological polar surface area (TPSA) is 83.8 Å². The van der Waals surface area contributed by atoms with Crippen LogP contribution in [-0.2, 0) is 16.0 Å². The molecule has 0 aromatic heterocycles. The van der Waals surface area contributed by atoms with Gasteiger partial charge >= 0.3 is 0 Å². The molecule has 2 amide bonds. The summed E-state index contributed by atoms with van der Waals surface area (Å²) in [5.74, 6) is 0.788. The van der Waals surface area contributed by atoms with Crippen LogP contribution in [0.25, 0.3) is 0 Å². The van der Waals surface area contributed by atoms with Gasteiger partial charge in [-0.1, -0.05) is 17.4 Å². The molecule has 2 aromatic rings. The van der Waals surface area contributed by atoms with Crippen LogP contribution < -0.4 is 14.4 Å². The lowest BCUT2D eigenvalue weighted by molar-refractivity contribution is -0.123. The Balaban J connectivity index is 1.47. The summed E-state index contributed by atoms with van der Waals surface area (Å²) in [7, 11) is 3.18. The molecule has 0 bridgehead atoms. The molecule has 2 aliphatic rings. The molecule has 28 heavy (non-hydrogen) atoms. The number of carbonyl (C=O) groups is 2. The first kappa shape index (κ1) is 18.0. The van der Waals surface area contributed by atoms with E-state index in [-0.39, 0.29) is 11.8 Å². The Morgan fingerprint density at radius 2 is 1.50 bits per heavy atom. The predicted octanol–water partition coefficient (Wildman–Crippen LogP) is 2.24. The van der Waals surface area contributed by atoms with Crippen LogP contribution in [0.3, 0.4) is 0 Å². The molecule has 8 nitrogen and oxygen atoms in total. The number of imide groups is 1. The first-order chi connectivity index (χ1) is 13.6. The first-order valence-corrected chi connectivity index (χ1v) is 8.94. The van der Waals surface area contributed by atoms with E-state index in [0.29, 0.717) is 24.4 Å². The molecule has 0 saturated carbocycles. The Labute approximate surface area is 162 Å². The van der Waals surface area contributed by atoms with Crippen molar-refractivity contribution in [3.63, 3.8) is 0 Å². The number of rotatable bonds is 6. The minimum Gasteiger partial charge on any atom is -0.497 e. The van der Waals surface area contributed by atoms with Crippen molar-refractivity contribution < 1.29 is 19.1 Å². The van der Waals surface area contributed by atoms with Gasteiger partial charge in [0.15, 0.2) is 12.1 Å². The third-order valence-electron chi connectivity index (χ3n) is 4.98. The molecule has 0 spiro atoms. The normalized spacial score (nSPS) is 20.6. The largest absolute Gasteiger partial charge is 0.497 e. The third kappa shape index (κ3) is 3.06. The number of fused-ring (bicyclic) bond motifs is 1. The molecule has 0 radical (unpaired) electrons. The minimum absolute atomic E-state index is 0.306. The third-order valence-corrected chi connectivity index (χ3v) is 4.98. The maximum Gasteiger partial charge on any atom is 0.263 e. The molecule has 1 saturated heterocycles. The van der Waals surface area contributed by atoms with Crippen LogP contribution in [0.2, 0.25) is 0 Å². The molecule has 2 heterocycles. The van der Waals surface area contributed by atoms with Gasteiger partial charge in [0.25, 0.3) is 11.8 Å². The van der Waals surface area contributed by atoms with Crippen molar-refractivity contribution in [2.45, 2.75) is 18.5 Å². The standard InChI is InChI=1S/C20H20N4O4/c1-27-15-7-3-13(4-8-15)11-12-23-18-17(21-22-23)19(25)24(20(18)26)14-5-9-16(28-2)10-6-14/h3-10,17-18H,11-12H2,1-2H3/t17-,18-/m1/s1. The zero-order valence-electron chi connectivity index (χ0n) is 15.6. The fraction of sp³-hybridized carbons (Fsp3) is 0.300. The zero-order chi connectivity index (χ0) is 19.7.